The second-order valence-electron chi connectivity index (χ2n) is 4.63. The Kier molecular flexibility index (Phi) is 3.62. The van der Waals surface area contributed by atoms with E-state index < -0.39 is 0 Å². The molecule has 2 aliphatic carbocycles. The maximum absolute atomic E-state index is 5.26. The van der Waals surface area contributed by atoms with Crippen LogP contribution in [0, 0.1) is 5.92 Å². The Morgan fingerprint density at radius 1 is 1.07 bits per heavy atom. The highest BCUT2D eigenvalue weighted by atomic mass is 32.1. The topological polar surface area (TPSA) is 24.1 Å². The molecule has 0 aliphatic heterocycles. The average Bonchev–Trinajstić information content (AvgIpc) is 3.00. The molecule has 2 rings (SSSR count). The lowest BCUT2D eigenvalue weighted by Gasteiger charge is -2.24. The number of thiocarbonyl (C=S) groups is 1. The largest absolute Gasteiger partial charge is 0.362 e. The van der Waals surface area contributed by atoms with E-state index in [1.807, 2.05) is 0 Å². The van der Waals surface area contributed by atoms with Gasteiger partial charge < -0.3 is 10.6 Å². The molecule has 2 N–H and O–H groups in total. The van der Waals surface area contributed by atoms with Crippen molar-refractivity contribution in [1.82, 2.24) is 10.6 Å². The first-order valence-electron chi connectivity index (χ1n) is 5.89. The Morgan fingerprint density at radius 2 is 1.79 bits per heavy atom. The maximum atomic E-state index is 5.26. The third-order valence-electron chi connectivity index (χ3n) is 3.19. The van der Waals surface area contributed by atoms with E-state index in [1.54, 1.807) is 0 Å². The molecule has 0 saturated heterocycles. The minimum Gasteiger partial charge on any atom is -0.362 e. The van der Waals surface area contributed by atoms with Gasteiger partial charge in [0.2, 0.25) is 0 Å². The van der Waals surface area contributed by atoms with Crippen molar-refractivity contribution in [3.05, 3.63) is 0 Å². The van der Waals surface area contributed by atoms with Crippen molar-refractivity contribution in [1.29, 1.82) is 0 Å². The molecule has 80 valence electrons. The molecule has 0 aromatic carbocycles. The highest BCUT2D eigenvalue weighted by Crippen LogP contribution is 2.27. The van der Waals surface area contributed by atoms with E-state index in [4.69, 9.17) is 12.2 Å². The summed E-state index contributed by atoms with van der Waals surface area (Å²) in [7, 11) is 0. The fraction of sp³-hybridized carbons (Fsp3) is 0.909. The summed E-state index contributed by atoms with van der Waals surface area (Å²) in [6.45, 7) is 1.08. The van der Waals surface area contributed by atoms with Crippen LogP contribution in [0.4, 0.5) is 0 Å². The quantitative estimate of drug-likeness (QED) is 0.701. The average molecular weight is 212 g/mol. The molecule has 2 fully saturated rings. The van der Waals surface area contributed by atoms with Gasteiger partial charge in [-0.25, -0.2) is 0 Å². The van der Waals surface area contributed by atoms with Crippen LogP contribution in [-0.2, 0) is 0 Å². The molecule has 2 nitrogen and oxygen atoms in total. The fourth-order valence-electron chi connectivity index (χ4n) is 2.04. The van der Waals surface area contributed by atoms with Crippen molar-refractivity contribution in [3.8, 4) is 0 Å². The zero-order chi connectivity index (χ0) is 9.80. The Bertz CT molecular complexity index is 195. The summed E-state index contributed by atoms with van der Waals surface area (Å²) in [5.74, 6) is 0.904. The van der Waals surface area contributed by atoms with Crippen molar-refractivity contribution in [2.24, 2.45) is 5.92 Å². The predicted octanol–water partition coefficient (Wildman–Crippen LogP) is 2.19. The Balaban J connectivity index is 1.59. The van der Waals surface area contributed by atoms with Crippen LogP contribution in [0.3, 0.4) is 0 Å². The third kappa shape index (κ3) is 3.45. The molecule has 14 heavy (non-hydrogen) atoms. The van der Waals surface area contributed by atoms with Gasteiger partial charge in [-0.3, -0.25) is 0 Å². The summed E-state index contributed by atoms with van der Waals surface area (Å²) < 4.78 is 0. The number of hydrogen-bond acceptors (Lipinski definition) is 1. The highest BCUT2D eigenvalue weighted by Gasteiger charge is 2.21. The molecule has 0 bridgehead atoms. The van der Waals surface area contributed by atoms with Crippen LogP contribution in [0.2, 0.25) is 0 Å². The van der Waals surface area contributed by atoms with Crippen molar-refractivity contribution in [3.63, 3.8) is 0 Å². The molecule has 2 saturated carbocycles. The van der Waals surface area contributed by atoms with Crippen LogP contribution in [0.1, 0.15) is 44.9 Å². The molecule has 0 radical (unpaired) electrons. The van der Waals surface area contributed by atoms with Crippen molar-refractivity contribution < 1.29 is 0 Å². The molecular formula is C11H20N2S. The standard InChI is InChI=1S/C11H20N2S/c14-11(12-8-9-6-7-9)13-10-4-2-1-3-5-10/h9-10H,1-8H2,(H2,12,13,14). The Hall–Kier alpha value is -0.310. The van der Waals surface area contributed by atoms with Gasteiger partial charge in [-0.15, -0.1) is 0 Å². The van der Waals surface area contributed by atoms with E-state index in [-0.39, 0.29) is 0 Å². The van der Waals surface area contributed by atoms with Gasteiger partial charge in [-0.2, -0.15) is 0 Å². The molecule has 0 heterocycles. The van der Waals surface area contributed by atoms with Gasteiger partial charge in [0.15, 0.2) is 5.11 Å². The molecule has 0 amide bonds. The van der Waals surface area contributed by atoms with Gasteiger partial charge in [0.1, 0.15) is 0 Å². The first kappa shape index (κ1) is 10.2. The van der Waals surface area contributed by atoms with Crippen LogP contribution in [-0.4, -0.2) is 17.7 Å². The SMILES string of the molecule is S=C(NCC1CC1)NC1CCCCC1. The van der Waals surface area contributed by atoms with Gasteiger partial charge in [-0.05, 0) is 43.8 Å². The van der Waals surface area contributed by atoms with Crippen LogP contribution in [0.15, 0.2) is 0 Å². The molecule has 2 aliphatic rings. The zero-order valence-electron chi connectivity index (χ0n) is 8.72. The molecular weight excluding hydrogens is 192 g/mol. The lowest BCUT2D eigenvalue weighted by Crippen LogP contribution is -2.43. The third-order valence-corrected chi connectivity index (χ3v) is 3.45. The zero-order valence-corrected chi connectivity index (χ0v) is 9.54. The Morgan fingerprint density at radius 3 is 2.43 bits per heavy atom. The smallest absolute Gasteiger partial charge is 0.166 e. The van der Waals surface area contributed by atoms with Gasteiger partial charge in [0.25, 0.3) is 0 Å². The summed E-state index contributed by atoms with van der Waals surface area (Å²) in [4.78, 5) is 0. The second-order valence-corrected chi connectivity index (χ2v) is 5.04. The summed E-state index contributed by atoms with van der Waals surface area (Å²) in [6.07, 6.45) is 9.50. The fourth-order valence-corrected chi connectivity index (χ4v) is 2.29. The molecule has 0 aromatic heterocycles. The van der Waals surface area contributed by atoms with Crippen LogP contribution >= 0.6 is 12.2 Å². The molecule has 0 atom stereocenters. The van der Waals surface area contributed by atoms with E-state index in [0.717, 1.165) is 17.6 Å². The van der Waals surface area contributed by atoms with Gasteiger partial charge >= 0.3 is 0 Å². The summed E-state index contributed by atoms with van der Waals surface area (Å²) in [5.41, 5.74) is 0. The van der Waals surface area contributed by atoms with E-state index in [1.165, 1.54) is 44.9 Å². The number of rotatable bonds is 3. The van der Waals surface area contributed by atoms with E-state index in [0.29, 0.717) is 6.04 Å². The minimum absolute atomic E-state index is 0.642. The van der Waals surface area contributed by atoms with Crippen molar-refractivity contribution in [2.45, 2.75) is 51.0 Å². The first-order chi connectivity index (χ1) is 6.84. The molecule has 0 aromatic rings. The molecule has 0 spiro atoms. The summed E-state index contributed by atoms with van der Waals surface area (Å²) >= 11 is 5.26. The monoisotopic (exact) mass is 212 g/mol. The van der Waals surface area contributed by atoms with Gasteiger partial charge in [0.05, 0.1) is 0 Å². The first-order valence-corrected chi connectivity index (χ1v) is 6.30. The van der Waals surface area contributed by atoms with E-state index in [2.05, 4.69) is 10.6 Å². The van der Waals surface area contributed by atoms with Crippen LogP contribution < -0.4 is 10.6 Å². The summed E-state index contributed by atoms with van der Waals surface area (Å²) in [6, 6.07) is 0.642. The second kappa shape index (κ2) is 4.96. The van der Waals surface area contributed by atoms with Crippen LogP contribution in [0.5, 0.6) is 0 Å². The predicted molar refractivity (Wildman–Crippen MR) is 63.3 cm³/mol. The Labute approximate surface area is 91.8 Å². The minimum atomic E-state index is 0.642. The lowest BCUT2D eigenvalue weighted by molar-refractivity contribution is 0.412. The molecule has 0 unspecified atom stereocenters. The van der Waals surface area contributed by atoms with E-state index in [9.17, 15) is 0 Å². The molecule has 3 heteroatoms. The highest BCUT2D eigenvalue weighted by molar-refractivity contribution is 7.80. The summed E-state index contributed by atoms with van der Waals surface area (Å²) in [5, 5.41) is 7.61. The van der Waals surface area contributed by atoms with Crippen LogP contribution in [0.25, 0.3) is 0 Å². The normalized spacial score (nSPS) is 23.1. The van der Waals surface area contributed by atoms with Gasteiger partial charge in [0, 0.05) is 12.6 Å². The number of hydrogen-bond donors (Lipinski definition) is 2. The van der Waals surface area contributed by atoms with E-state index >= 15 is 0 Å². The lowest BCUT2D eigenvalue weighted by atomic mass is 9.96. The van der Waals surface area contributed by atoms with Gasteiger partial charge in [-0.1, -0.05) is 19.3 Å². The maximum Gasteiger partial charge on any atom is 0.166 e. The number of nitrogens with one attached hydrogen (secondary N) is 2. The van der Waals surface area contributed by atoms with Crippen molar-refractivity contribution >= 4 is 17.3 Å². The van der Waals surface area contributed by atoms with Crippen molar-refractivity contribution in [2.75, 3.05) is 6.54 Å².